The molecular weight excluding hydrogens is 822 g/mol. The number of aromatic nitrogens is 4. The van der Waals surface area contributed by atoms with E-state index in [4.69, 9.17) is 34.0 Å². The van der Waals surface area contributed by atoms with Gasteiger partial charge in [-0.15, -0.1) is 21.5 Å². The third-order valence-electron chi connectivity index (χ3n) is 9.91. The Bertz CT molecular complexity index is 2390. The fraction of sp³-hybridized carbons (Fsp3) is 0.488. The maximum Gasteiger partial charge on any atom is 0.410 e. The minimum atomic E-state index is -1.23. The number of esters is 1. The van der Waals surface area contributed by atoms with Crippen molar-refractivity contribution >= 4 is 69.8 Å². The van der Waals surface area contributed by atoms with Crippen LogP contribution in [0.25, 0.3) is 10.2 Å². The van der Waals surface area contributed by atoms with Gasteiger partial charge >= 0.3 is 12.1 Å². The van der Waals surface area contributed by atoms with Crippen molar-refractivity contribution in [1.29, 1.82) is 0 Å². The molecule has 6 rings (SSSR count). The van der Waals surface area contributed by atoms with E-state index in [2.05, 4.69) is 41.4 Å². The molecule has 0 radical (unpaired) electrons. The molecule has 17 heteroatoms. The molecule has 1 aliphatic rings. The summed E-state index contributed by atoms with van der Waals surface area (Å²) in [6, 6.07) is 14.1. The van der Waals surface area contributed by atoms with Gasteiger partial charge in [0.1, 0.15) is 12.3 Å². The number of amides is 1. The summed E-state index contributed by atoms with van der Waals surface area (Å²) >= 11 is 3.01. The molecular formula is C43H56FN7O6S2Si. The molecule has 0 N–H and O–H groups in total. The number of aryl methyl sites for hydroxylation is 1. The van der Waals surface area contributed by atoms with E-state index in [1.807, 2.05) is 44.7 Å². The number of methoxy groups -OCH3 is 1. The molecule has 0 bridgehead atoms. The number of hydrogen-bond acceptors (Lipinski definition) is 13. The van der Waals surface area contributed by atoms with E-state index < -0.39 is 31.6 Å². The molecule has 0 aliphatic carbocycles. The number of carbonyl (C=O) groups excluding carboxylic acids is 2. The largest absolute Gasteiger partial charge is 0.491 e. The number of nitrogens with zero attached hydrogens (tertiary/aromatic N) is 7. The number of hydrogen-bond donors (Lipinski definition) is 0. The van der Waals surface area contributed by atoms with Crippen molar-refractivity contribution in [2.75, 3.05) is 45.4 Å². The average Bonchev–Trinajstić information content (AvgIpc) is 3.78. The number of thiazole rings is 2. The van der Waals surface area contributed by atoms with Gasteiger partial charge in [0.15, 0.2) is 38.8 Å². The van der Waals surface area contributed by atoms with E-state index in [9.17, 15) is 9.59 Å². The quantitative estimate of drug-likeness (QED) is 0.0537. The number of fused-ring (bicyclic) bond motifs is 2. The molecule has 13 nitrogen and oxygen atoms in total. The summed E-state index contributed by atoms with van der Waals surface area (Å²) in [6.45, 7) is 16.9. The van der Waals surface area contributed by atoms with Crippen molar-refractivity contribution in [3.8, 4) is 5.75 Å². The Labute approximate surface area is 360 Å². The van der Waals surface area contributed by atoms with Gasteiger partial charge in [-0.05, 0) is 95.7 Å². The van der Waals surface area contributed by atoms with E-state index in [1.165, 1.54) is 29.4 Å². The maximum absolute atomic E-state index is 15.0. The molecule has 0 unspecified atom stereocenters. The highest BCUT2D eigenvalue weighted by atomic mass is 32.1. The highest BCUT2D eigenvalue weighted by Gasteiger charge is 2.29. The van der Waals surface area contributed by atoms with Gasteiger partial charge in [0.25, 0.3) is 0 Å². The predicted molar refractivity (Wildman–Crippen MR) is 237 cm³/mol. The molecule has 2 aromatic carbocycles. The molecule has 1 amide bonds. The zero-order chi connectivity index (χ0) is 43.2. The Balaban J connectivity index is 1.14. The van der Waals surface area contributed by atoms with Gasteiger partial charge in [-0.1, -0.05) is 49.2 Å². The molecule has 5 aromatic rings. The van der Waals surface area contributed by atoms with Crippen LogP contribution in [0.15, 0.2) is 47.5 Å². The number of likely N-dealkylation sites (N-methyl/N-ethyl adjacent to an activating group) is 1. The van der Waals surface area contributed by atoms with E-state index in [1.54, 1.807) is 30.5 Å². The van der Waals surface area contributed by atoms with Gasteiger partial charge in [-0.2, -0.15) is 4.99 Å². The van der Waals surface area contributed by atoms with Crippen LogP contribution in [0.5, 0.6) is 5.75 Å². The van der Waals surface area contributed by atoms with Crippen LogP contribution >= 0.6 is 22.7 Å². The molecule has 60 heavy (non-hydrogen) atoms. The molecule has 1 aliphatic heterocycles. The number of halogens is 1. The molecule has 322 valence electrons. The fourth-order valence-corrected chi connectivity index (χ4v) is 9.45. The topological polar surface area (TPSA) is 134 Å². The van der Waals surface area contributed by atoms with E-state index in [-0.39, 0.29) is 18.1 Å². The van der Waals surface area contributed by atoms with Crippen molar-refractivity contribution in [2.45, 2.75) is 97.8 Å². The SMILES string of the molecule is COC(=O)c1nc(N2CCCc3c2nnc(N=c2sc4ccccc4n2COCC[Si](C)(C)C)c3C)sc1CCCOc1ccc(CCN(C)C(=O)OC(C)(C)C)cc1F. The summed E-state index contributed by atoms with van der Waals surface area (Å²) in [6.07, 6.45) is 2.67. The summed E-state index contributed by atoms with van der Waals surface area (Å²) in [5, 5.41) is 9.98. The summed E-state index contributed by atoms with van der Waals surface area (Å²) in [4.78, 5) is 40.1. The highest BCUT2D eigenvalue weighted by molar-refractivity contribution is 7.16. The third-order valence-corrected chi connectivity index (χ3v) is 13.8. The van der Waals surface area contributed by atoms with Crippen molar-refractivity contribution in [2.24, 2.45) is 4.99 Å². The zero-order valence-electron chi connectivity index (χ0n) is 36.1. The van der Waals surface area contributed by atoms with Crippen molar-refractivity contribution in [3.63, 3.8) is 0 Å². The van der Waals surface area contributed by atoms with Crippen LogP contribution in [0.4, 0.5) is 26.0 Å². The van der Waals surface area contributed by atoms with Crippen LogP contribution in [0.3, 0.4) is 0 Å². The van der Waals surface area contributed by atoms with Crippen molar-refractivity contribution in [1.82, 2.24) is 24.6 Å². The fourth-order valence-electron chi connectivity index (χ4n) is 6.56. The Morgan fingerprint density at radius 3 is 2.57 bits per heavy atom. The molecule has 0 atom stereocenters. The van der Waals surface area contributed by atoms with Crippen LogP contribution in [0.2, 0.25) is 25.7 Å². The van der Waals surface area contributed by atoms with Crippen molar-refractivity contribution in [3.05, 3.63) is 80.3 Å². The predicted octanol–water partition coefficient (Wildman–Crippen LogP) is 9.23. The van der Waals surface area contributed by atoms with Crippen LogP contribution in [-0.4, -0.2) is 90.8 Å². The summed E-state index contributed by atoms with van der Waals surface area (Å²) < 4.78 is 40.8. The zero-order valence-corrected chi connectivity index (χ0v) is 38.7. The number of benzene rings is 2. The first-order chi connectivity index (χ1) is 28.5. The number of carbonyl (C=O) groups is 2. The minimum Gasteiger partial charge on any atom is -0.491 e. The normalized spacial score (nSPS) is 13.4. The van der Waals surface area contributed by atoms with Crippen LogP contribution in [0, 0.1) is 12.7 Å². The van der Waals surface area contributed by atoms with E-state index in [0.29, 0.717) is 62.5 Å². The first-order valence-electron chi connectivity index (χ1n) is 20.3. The summed E-state index contributed by atoms with van der Waals surface area (Å²) in [5.74, 6) is 0.387. The standard InChI is InChI=1S/C43H56FN7O6S2Si/c1-28-30-14-12-21-50(38(30)48-47-37(28)46-41-51(27-55-24-25-60(7,8)9)32-15-10-11-16-34(32)58-41)40-45-36(39(52)54-6)35(59-40)17-13-23-56-33-19-18-29(26-31(33)44)20-22-49(5)42(53)57-43(2,3)4/h10-11,15-16,18-19,26H,12-14,17,20-25,27H2,1-9H3. The molecule has 3 aromatic heterocycles. The van der Waals surface area contributed by atoms with Gasteiger partial charge in [-0.3, -0.25) is 4.57 Å². The minimum absolute atomic E-state index is 0.135. The Morgan fingerprint density at radius 2 is 1.83 bits per heavy atom. The van der Waals surface area contributed by atoms with Crippen LogP contribution in [0.1, 0.15) is 65.7 Å². The maximum atomic E-state index is 15.0. The van der Waals surface area contributed by atoms with Gasteiger partial charge in [-0.25, -0.2) is 19.0 Å². The lowest BCUT2D eigenvalue weighted by Crippen LogP contribution is -2.35. The lowest BCUT2D eigenvalue weighted by molar-refractivity contribution is 0.0300. The molecule has 0 saturated carbocycles. The third kappa shape index (κ3) is 11.4. The Kier molecular flexibility index (Phi) is 14.4. The Morgan fingerprint density at radius 1 is 1.05 bits per heavy atom. The van der Waals surface area contributed by atoms with Gasteiger partial charge in [0.05, 0.1) is 23.9 Å². The lowest BCUT2D eigenvalue weighted by Gasteiger charge is -2.28. The van der Waals surface area contributed by atoms with E-state index >= 15 is 4.39 Å². The molecule has 4 heterocycles. The second-order valence-electron chi connectivity index (χ2n) is 17.1. The summed E-state index contributed by atoms with van der Waals surface area (Å²) in [7, 11) is 1.76. The monoisotopic (exact) mass is 877 g/mol. The van der Waals surface area contributed by atoms with Gasteiger partial charge in [0, 0.05) is 50.8 Å². The van der Waals surface area contributed by atoms with Crippen LogP contribution < -0.4 is 14.4 Å². The average molecular weight is 878 g/mol. The first-order valence-corrected chi connectivity index (χ1v) is 25.6. The number of rotatable bonds is 16. The lowest BCUT2D eigenvalue weighted by atomic mass is 10.0. The smallest absolute Gasteiger partial charge is 0.410 e. The Hall–Kier alpha value is -4.71. The second-order valence-corrected chi connectivity index (χ2v) is 24.8. The van der Waals surface area contributed by atoms with Gasteiger partial charge in [0.2, 0.25) is 0 Å². The number of ether oxygens (including phenoxy) is 4. The molecule has 0 spiro atoms. The highest BCUT2D eigenvalue weighted by Crippen LogP contribution is 2.39. The van der Waals surface area contributed by atoms with Crippen molar-refractivity contribution < 1.29 is 32.9 Å². The molecule has 0 fully saturated rings. The van der Waals surface area contributed by atoms with Gasteiger partial charge < -0.3 is 28.7 Å². The number of para-hydroxylation sites is 1. The first kappa shape index (κ1) is 44.8. The summed E-state index contributed by atoms with van der Waals surface area (Å²) in [5.41, 5.74) is 3.44. The molecule has 0 saturated heterocycles. The van der Waals surface area contributed by atoms with Crippen LogP contribution in [-0.2, 0) is 40.2 Å². The van der Waals surface area contributed by atoms with E-state index in [0.717, 1.165) is 55.5 Å². The second kappa shape index (κ2) is 19.3. The number of anilines is 2.